The lowest BCUT2D eigenvalue weighted by Gasteiger charge is -2.48. The Morgan fingerprint density at radius 2 is 1.82 bits per heavy atom. The van der Waals surface area contributed by atoms with Crippen LogP contribution in [0.2, 0.25) is 0 Å². The van der Waals surface area contributed by atoms with Gasteiger partial charge in [-0.3, -0.25) is 9.80 Å². The molecule has 5 nitrogen and oxygen atoms in total. The topological polar surface area (TPSA) is 35.8 Å². The first-order valence-electron chi connectivity index (χ1n) is 8.98. The lowest BCUT2D eigenvalue weighted by Crippen LogP contribution is -2.62. The van der Waals surface area contributed by atoms with Crippen molar-refractivity contribution in [2.24, 2.45) is 0 Å². The van der Waals surface area contributed by atoms with Crippen LogP contribution in [0, 0.1) is 0 Å². The maximum atomic E-state index is 5.53. The van der Waals surface area contributed by atoms with Crippen molar-refractivity contribution < 1.29 is 4.52 Å². The standard InChI is InChI=1S/C17H28N4O/c1-2-19-7-9-21(10-8-19)14-11-20(12-14)13-16-15-5-3-4-6-17(15)22-18-16/h14H,2-13H2,1H3. The minimum Gasteiger partial charge on any atom is -0.361 e. The first-order valence-corrected chi connectivity index (χ1v) is 8.98. The molecule has 0 radical (unpaired) electrons. The zero-order chi connectivity index (χ0) is 14.9. The first kappa shape index (κ1) is 14.7. The molecule has 2 aliphatic heterocycles. The molecule has 0 saturated carbocycles. The largest absolute Gasteiger partial charge is 0.361 e. The number of nitrogens with zero attached hydrogens (tertiary/aromatic N) is 4. The summed E-state index contributed by atoms with van der Waals surface area (Å²) in [5.41, 5.74) is 2.63. The molecular weight excluding hydrogens is 276 g/mol. The van der Waals surface area contributed by atoms with E-state index in [0.717, 1.165) is 24.8 Å². The Balaban J connectivity index is 1.27. The highest BCUT2D eigenvalue weighted by Gasteiger charge is 2.34. The fraction of sp³-hybridized carbons (Fsp3) is 0.824. The Kier molecular flexibility index (Phi) is 4.20. The van der Waals surface area contributed by atoms with E-state index in [0.29, 0.717) is 0 Å². The Morgan fingerprint density at radius 3 is 2.59 bits per heavy atom. The SMILES string of the molecule is CCN1CCN(C2CN(Cc3noc4c3CCCC4)C2)CC1. The Labute approximate surface area is 133 Å². The van der Waals surface area contributed by atoms with Gasteiger partial charge < -0.3 is 9.42 Å². The van der Waals surface area contributed by atoms with Crippen molar-refractivity contribution in [3.05, 3.63) is 17.0 Å². The second-order valence-electron chi connectivity index (χ2n) is 7.06. The van der Waals surface area contributed by atoms with Gasteiger partial charge in [-0.05, 0) is 25.8 Å². The highest BCUT2D eigenvalue weighted by atomic mass is 16.5. The van der Waals surface area contributed by atoms with Gasteiger partial charge in [0.05, 0.1) is 0 Å². The predicted molar refractivity (Wildman–Crippen MR) is 85.9 cm³/mol. The summed E-state index contributed by atoms with van der Waals surface area (Å²) in [5.74, 6) is 1.16. The molecule has 22 heavy (non-hydrogen) atoms. The predicted octanol–water partition coefficient (Wildman–Crippen LogP) is 1.38. The lowest BCUT2D eigenvalue weighted by molar-refractivity contribution is 0.00112. The van der Waals surface area contributed by atoms with E-state index in [1.807, 2.05) is 0 Å². The van der Waals surface area contributed by atoms with Crippen LogP contribution in [0.3, 0.4) is 0 Å². The Bertz CT molecular complexity index is 501. The molecule has 4 rings (SSSR count). The number of rotatable bonds is 4. The highest BCUT2D eigenvalue weighted by molar-refractivity contribution is 5.25. The molecule has 2 fully saturated rings. The van der Waals surface area contributed by atoms with Gasteiger partial charge in [0.15, 0.2) is 0 Å². The summed E-state index contributed by atoms with van der Waals surface area (Å²) >= 11 is 0. The van der Waals surface area contributed by atoms with Gasteiger partial charge in [0, 0.05) is 63.8 Å². The first-order chi connectivity index (χ1) is 10.8. The van der Waals surface area contributed by atoms with Gasteiger partial charge in [0.25, 0.3) is 0 Å². The molecule has 1 aromatic rings. The number of likely N-dealkylation sites (N-methyl/N-ethyl adjacent to an activating group) is 1. The Morgan fingerprint density at radius 1 is 1.05 bits per heavy atom. The van der Waals surface area contributed by atoms with Crippen molar-refractivity contribution >= 4 is 0 Å². The number of hydrogen-bond acceptors (Lipinski definition) is 5. The van der Waals surface area contributed by atoms with Crippen LogP contribution in [0.15, 0.2) is 4.52 Å². The monoisotopic (exact) mass is 304 g/mol. The highest BCUT2D eigenvalue weighted by Crippen LogP contribution is 2.27. The number of likely N-dealkylation sites (tertiary alicyclic amines) is 1. The van der Waals surface area contributed by atoms with Gasteiger partial charge in [-0.1, -0.05) is 12.1 Å². The van der Waals surface area contributed by atoms with Gasteiger partial charge >= 0.3 is 0 Å². The van der Waals surface area contributed by atoms with E-state index < -0.39 is 0 Å². The van der Waals surface area contributed by atoms with Crippen LogP contribution in [-0.4, -0.2) is 71.7 Å². The fourth-order valence-electron chi connectivity index (χ4n) is 4.13. The average Bonchev–Trinajstić information content (AvgIpc) is 2.94. The molecule has 0 aromatic carbocycles. The van der Waals surface area contributed by atoms with E-state index in [1.165, 1.54) is 76.3 Å². The zero-order valence-corrected chi connectivity index (χ0v) is 13.8. The average molecular weight is 304 g/mol. The minimum absolute atomic E-state index is 0.765. The third-order valence-electron chi connectivity index (χ3n) is 5.71. The van der Waals surface area contributed by atoms with Crippen LogP contribution >= 0.6 is 0 Å². The molecule has 0 spiro atoms. The lowest BCUT2D eigenvalue weighted by atomic mass is 9.96. The second-order valence-corrected chi connectivity index (χ2v) is 7.06. The number of aromatic nitrogens is 1. The van der Waals surface area contributed by atoms with Gasteiger partial charge in [-0.2, -0.15) is 0 Å². The van der Waals surface area contributed by atoms with E-state index in [2.05, 4.69) is 26.8 Å². The maximum absolute atomic E-state index is 5.53. The Hall–Kier alpha value is -0.910. The van der Waals surface area contributed by atoms with Crippen molar-refractivity contribution in [2.45, 2.75) is 45.2 Å². The molecule has 0 amide bonds. The molecule has 2 saturated heterocycles. The molecule has 0 atom stereocenters. The van der Waals surface area contributed by atoms with Gasteiger partial charge in [-0.25, -0.2) is 0 Å². The van der Waals surface area contributed by atoms with Gasteiger partial charge in [-0.15, -0.1) is 0 Å². The summed E-state index contributed by atoms with van der Waals surface area (Å²) in [6.07, 6.45) is 4.82. The van der Waals surface area contributed by atoms with Crippen molar-refractivity contribution in [3.8, 4) is 0 Å². The quantitative estimate of drug-likeness (QED) is 0.840. The molecule has 1 aliphatic carbocycles. The van der Waals surface area contributed by atoms with Gasteiger partial charge in [0.2, 0.25) is 0 Å². The summed E-state index contributed by atoms with van der Waals surface area (Å²) < 4.78 is 5.53. The minimum atomic E-state index is 0.765. The molecule has 0 bridgehead atoms. The number of aryl methyl sites for hydroxylation is 1. The number of fused-ring (bicyclic) bond motifs is 1. The molecule has 122 valence electrons. The van der Waals surface area contributed by atoms with Crippen molar-refractivity contribution in [1.82, 2.24) is 19.9 Å². The van der Waals surface area contributed by atoms with E-state index in [4.69, 9.17) is 4.52 Å². The molecule has 0 N–H and O–H groups in total. The van der Waals surface area contributed by atoms with E-state index in [9.17, 15) is 0 Å². The van der Waals surface area contributed by atoms with Crippen LogP contribution in [0.25, 0.3) is 0 Å². The van der Waals surface area contributed by atoms with Crippen molar-refractivity contribution in [3.63, 3.8) is 0 Å². The number of piperazine rings is 1. The fourth-order valence-corrected chi connectivity index (χ4v) is 4.13. The molecule has 3 heterocycles. The van der Waals surface area contributed by atoms with Crippen LogP contribution < -0.4 is 0 Å². The third kappa shape index (κ3) is 2.82. The zero-order valence-electron chi connectivity index (χ0n) is 13.8. The molecular formula is C17H28N4O. The summed E-state index contributed by atoms with van der Waals surface area (Å²) in [6.45, 7) is 11.8. The van der Waals surface area contributed by atoms with Crippen LogP contribution in [0.5, 0.6) is 0 Å². The molecule has 3 aliphatic rings. The van der Waals surface area contributed by atoms with Gasteiger partial charge in [0.1, 0.15) is 11.5 Å². The maximum Gasteiger partial charge on any atom is 0.140 e. The normalized spacial score (nSPS) is 25.1. The third-order valence-corrected chi connectivity index (χ3v) is 5.71. The second kappa shape index (κ2) is 6.30. The van der Waals surface area contributed by atoms with Crippen molar-refractivity contribution in [1.29, 1.82) is 0 Å². The van der Waals surface area contributed by atoms with E-state index >= 15 is 0 Å². The van der Waals surface area contributed by atoms with Crippen LogP contribution in [-0.2, 0) is 19.4 Å². The molecule has 0 unspecified atom stereocenters. The smallest absolute Gasteiger partial charge is 0.140 e. The number of hydrogen-bond donors (Lipinski definition) is 0. The summed E-state index contributed by atoms with van der Waals surface area (Å²) in [4.78, 5) is 7.76. The summed E-state index contributed by atoms with van der Waals surface area (Å²) in [5, 5.41) is 4.34. The summed E-state index contributed by atoms with van der Waals surface area (Å²) in [7, 11) is 0. The van der Waals surface area contributed by atoms with E-state index in [-0.39, 0.29) is 0 Å². The van der Waals surface area contributed by atoms with Crippen LogP contribution in [0.4, 0.5) is 0 Å². The summed E-state index contributed by atoms with van der Waals surface area (Å²) in [6, 6.07) is 0.765. The molecule has 1 aromatic heterocycles. The van der Waals surface area contributed by atoms with E-state index in [1.54, 1.807) is 0 Å². The van der Waals surface area contributed by atoms with Crippen LogP contribution in [0.1, 0.15) is 36.8 Å². The van der Waals surface area contributed by atoms with Crippen molar-refractivity contribution in [2.75, 3.05) is 45.8 Å². The molecule has 5 heteroatoms.